The normalized spacial score (nSPS) is 13.2. The molecule has 2 N–H and O–H groups in total. The lowest BCUT2D eigenvalue weighted by molar-refractivity contribution is -0.139. The van der Waals surface area contributed by atoms with Gasteiger partial charge in [-0.25, -0.2) is 8.42 Å². The van der Waals surface area contributed by atoms with Gasteiger partial charge in [-0.15, -0.1) is 0 Å². The molecule has 1 atom stereocenters. The second kappa shape index (κ2) is 6.17. The predicted octanol–water partition coefficient (Wildman–Crippen LogP) is 1.87. The van der Waals surface area contributed by atoms with Crippen LogP contribution in [-0.2, 0) is 14.8 Å². The van der Waals surface area contributed by atoms with Crippen molar-refractivity contribution in [2.24, 2.45) is 0 Å². The molecule has 0 saturated carbocycles. The van der Waals surface area contributed by atoms with E-state index in [-0.39, 0.29) is 11.3 Å². The standard InChI is InChI=1S/C11H14ClNO4S/c1-2-3-10(11(14)15)13-18(16,17)9-6-4-8(12)5-7-9/h4-7,10,13H,2-3H2,1H3,(H,14,15)/t10-/m1/s1. The summed E-state index contributed by atoms with van der Waals surface area (Å²) in [6.07, 6.45) is 0.808. The van der Waals surface area contributed by atoms with Crippen LogP contribution in [0.1, 0.15) is 19.8 Å². The topological polar surface area (TPSA) is 83.5 Å². The van der Waals surface area contributed by atoms with E-state index in [4.69, 9.17) is 16.7 Å². The minimum absolute atomic E-state index is 0.00532. The summed E-state index contributed by atoms with van der Waals surface area (Å²) in [5.74, 6) is -1.19. The fourth-order valence-corrected chi connectivity index (χ4v) is 2.74. The fourth-order valence-electron chi connectivity index (χ4n) is 1.39. The third-order valence-electron chi connectivity index (χ3n) is 2.30. The van der Waals surface area contributed by atoms with Crippen LogP contribution in [0.4, 0.5) is 0 Å². The second-order valence-corrected chi connectivity index (χ2v) is 5.91. The Morgan fingerprint density at radius 1 is 1.39 bits per heavy atom. The number of benzene rings is 1. The van der Waals surface area contributed by atoms with Gasteiger partial charge in [-0.1, -0.05) is 24.9 Å². The molecule has 0 bridgehead atoms. The van der Waals surface area contributed by atoms with Crippen molar-refractivity contribution in [1.29, 1.82) is 0 Å². The van der Waals surface area contributed by atoms with Gasteiger partial charge >= 0.3 is 5.97 Å². The molecule has 100 valence electrons. The van der Waals surface area contributed by atoms with Crippen LogP contribution in [0.2, 0.25) is 5.02 Å². The van der Waals surface area contributed by atoms with Crippen molar-refractivity contribution < 1.29 is 18.3 Å². The molecule has 0 heterocycles. The molecule has 0 aliphatic heterocycles. The third kappa shape index (κ3) is 3.97. The zero-order chi connectivity index (χ0) is 13.8. The first-order valence-electron chi connectivity index (χ1n) is 5.37. The zero-order valence-electron chi connectivity index (χ0n) is 9.76. The quantitative estimate of drug-likeness (QED) is 0.838. The number of carboxylic acid groups (broad SMARTS) is 1. The van der Waals surface area contributed by atoms with Crippen LogP contribution in [0.15, 0.2) is 29.2 Å². The molecule has 0 fully saturated rings. The molecule has 0 aliphatic rings. The number of aliphatic carboxylic acids is 1. The summed E-state index contributed by atoms with van der Waals surface area (Å²) in [6, 6.07) is 4.42. The van der Waals surface area contributed by atoms with Gasteiger partial charge in [-0.2, -0.15) is 4.72 Å². The van der Waals surface area contributed by atoms with E-state index in [0.29, 0.717) is 11.4 Å². The van der Waals surface area contributed by atoms with E-state index in [2.05, 4.69) is 4.72 Å². The molecule has 7 heteroatoms. The minimum Gasteiger partial charge on any atom is -0.480 e. The molecular weight excluding hydrogens is 278 g/mol. The summed E-state index contributed by atoms with van der Waals surface area (Å²) in [7, 11) is -3.83. The summed E-state index contributed by atoms with van der Waals surface area (Å²) in [4.78, 5) is 10.9. The Bertz CT molecular complexity index is 512. The largest absolute Gasteiger partial charge is 0.480 e. The van der Waals surface area contributed by atoms with Crippen molar-refractivity contribution in [2.75, 3.05) is 0 Å². The molecule has 5 nitrogen and oxygen atoms in total. The van der Waals surface area contributed by atoms with E-state index in [9.17, 15) is 13.2 Å². The summed E-state index contributed by atoms with van der Waals surface area (Å²) < 4.78 is 26.0. The van der Waals surface area contributed by atoms with Gasteiger partial charge in [-0.05, 0) is 30.7 Å². The summed E-state index contributed by atoms with van der Waals surface area (Å²) in [5.41, 5.74) is 0. The number of carbonyl (C=O) groups is 1. The van der Waals surface area contributed by atoms with Gasteiger partial charge in [-0.3, -0.25) is 4.79 Å². The van der Waals surface area contributed by atoms with Gasteiger partial charge in [0.2, 0.25) is 10.0 Å². The number of nitrogens with one attached hydrogen (secondary N) is 1. The lowest BCUT2D eigenvalue weighted by atomic mass is 10.2. The Morgan fingerprint density at radius 3 is 2.39 bits per heavy atom. The van der Waals surface area contributed by atoms with Crippen LogP contribution in [-0.4, -0.2) is 25.5 Å². The lowest BCUT2D eigenvalue weighted by Gasteiger charge is -2.13. The Morgan fingerprint density at radius 2 is 1.94 bits per heavy atom. The third-order valence-corrected chi connectivity index (χ3v) is 4.04. The molecule has 0 amide bonds. The molecule has 1 aromatic carbocycles. The monoisotopic (exact) mass is 291 g/mol. The highest BCUT2D eigenvalue weighted by Gasteiger charge is 2.24. The first-order chi connectivity index (χ1) is 8.36. The predicted molar refractivity (Wildman–Crippen MR) is 68.1 cm³/mol. The molecule has 1 rings (SSSR count). The van der Waals surface area contributed by atoms with Crippen molar-refractivity contribution in [2.45, 2.75) is 30.7 Å². The molecule has 0 saturated heterocycles. The first kappa shape index (κ1) is 14.9. The Labute approximate surface area is 111 Å². The first-order valence-corrected chi connectivity index (χ1v) is 7.23. The van der Waals surface area contributed by atoms with Gasteiger partial charge in [0.1, 0.15) is 6.04 Å². The van der Waals surface area contributed by atoms with E-state index >= 15 is 0 Å². The van der Waals surface area contributed by atoms with Gasteiger partial charge in [0.05, 0.1) is 4.90 Å². The van der Waals surface area contributed by atoms with Crippen molar-refractivity contribution in [3.63, 3.8) is 0 Å². The number of halogens is 1. The van der Waals surface area contributed by atoms with Crippen molar-refractivity contribution in [1.82, 2.24) is 4.72 Å². The number of carboxylic acids is 1. The minimum atomic E-state index is -3.83. The highest BCUT2D eigenvalue weighted by Crippen LogP contribution is 2.14. The van der Waals surface area contributed by atoms with Crippen LogP contribution < -0.4 is 4.72 Å². The van der Waals surface area contributed by atoms with Gasteiger partial charge in [0.15, 0.2) is 0 Å². The summed E-state index contributed by atoms with van der Waals surface area (Å²) in [5, 5.41) is 9.32. The molecule has 0 spiro atoms. The van der Waals surface area contributed by atoms with E-state index in [1.807, 2.05) is 0 Å². The van der Waals surface area contributed by atoms with Gasteiger partial charge in [0, 0.05) is 5.02 Å². The average molecular weight is 292 g/mol. The van der Waals surface area contributed by atoms with Crippen LogP contribution in [0, 0.1) is 0 Å². The second-order valence-electron chi connectivity index (χ2n) is 3.75. The number of hydrogen-bond acceptors (Lipinski definition) is 3. The zero-order valence-corrected chi connectivity index (χ0v) is 11.3. The number of hydrogen-bond donors (Lipinski definition) is 2. The maximum atomic E-state index is 11.9. The smallest absolute Gasteiger partial charge is 0.321 e. The van der Waals surface area contributed by atoms with Crippen LogP contribution in [0.5, 0.6) is 0 Å². The van der Waals surface area contributed by atoms with Gasteiger partial charge in [0.25, 0.3) is 0 Å². The van der Waals surface area contributed by atoms with E-state index < -0.39 is 22.0 Å². The SMILES string of the molecule is CCC[C@@H](NS(=O)(=O)c1ccc(Cl)cc1)C(=O)O. The molecule has 0 radical (unpaired) electrons. The molecule has 0 unspecified atom stereocenters. The van der Waals surface area contributed by atoms with Crippen molar-refractivity contribution in [3.8, 4) is 0 Å². The molecular formula is C11H14ClNO4S. The molecule has 18 heavy (non-hydrogen) atoms. The number of rotatable bonds is 6. The highest BCUT2D eigenvalue weighted by atomic mass is 35.5. The Balaban J connectivity index is 2.93. The number of sulfonamides is 1. The van der Waals surface area contributed by atoms with Crippen LogP contribution >= 0.6 is 11.6 Å². The lowest BCUT2D eigenvalue weighted by Crippen LogP contribution is -2.40. The Kier molecular flexibility index (Phi) is 5.13. The summed E-state index contributed by atoms with van der Waals surface area (Å²) >= 11 is 5.66. The summed E-state index contributed by atoms with van der Waals surface area (Å²) in [6.45, 7) is 1.78. The fraction of sp³-hybridized carbons (Fsp3) is 0.364. The van der Waals surface area contributed by atoms with Crippen LogP contribution in [0.3, 0.4) is 0 Å². The Hall–Kier alpha value is -1.11. The van der Waals surface area contributed by atoms with Crippen LogP contribution in [0.25, 0.3) is 0 Å². The average Bonchev–Trinajstić information content (AvgIpc) is 2.28. The molecule has 0 aliphatic carbocycles. The maximum Gasteiger partial charge on any atom is 0.321 e. The molecule has 0 aromatic heterocycles. The van der Waals surface area contributed by atoms with E-state index in [1.54, 1.807) is 6.92 Å². The van der Waals surface area contributed by atoms with Crippen molar-refractivity contribution >= 4 is 27.6 Å². The highest BCUT2D eigenvalue weighted by molar-refractivity contribution is 7.89. The van der Waals surface area contributed by atoms with Gasteiger partial charge < -0.3 is 5.11 Å². The molecule has 1 aromatic rings. The van der Waals surface area contributed by atoms with E-state index in [1.165, 1.54) is 24.3 Å². The maximum absolute atomic E-state index is 11.9. The van der Waals surface area contributed by atoms with Crippen molar-refractivity contribution in [3.05, 3.63) is 29.3 Å². The van der Waals surface area contributed by atoms with E-state index in [0.717, 1.165) is 0 Å².